The Balaban J connectivity index is 1.55. The number of fused-ring (bicyclic) bond motifs is 1. The molecule has 0 aromatic heterocycles. The molecule has 0 radical (unpaired) electrons. The van der Waals surface area contributed by atoms with Crippen molar-refractivity contribution in [3.63, 3.8) is 0 Å². The number of thiocarbonyl (C=S) groups is 1. The maximum atomic E-state index is 12.0. The molecule has 3 rings (SSSR count). The van der Waals surface area contributed by atoms with Crippen molar-refractivity contribution in [2.45, 2.75) is 12.5 Å². The molecule has 2 aliphatic heterocycles. The first-order valence-corrected chi connectivity index (χ1v) is 9.54. The molecule has 0 bridgehead atoms. The van der Waals surface area contributed by atoms with E-state index >= 15 is 0 Å². The van der Waals surface area contributed by atoms with Crippen LogP contribution in [0.4, 0.5) is 5.69 Å². The third kappa shape index (κ3) is 4.63. The van der Waals surface area contributed by atoms with Gasteiger partial charge in [0.1, 0.15) is 18.8 Å². The van der Waals surface area contributed by atoms with Crippen LogP contribution in [-0.4, -0.2) is 70.1 Å². The zero-order valence-corrected chi connectivity index (χ0v) is 15.9. The van der Waals surface area contributed by atoms with Crippen LogP contribution in [0, 0.1) is 0 Å². The minimum atomic E-state index is -0.576. The highest BCUT2D eigenvalue weighted by molar-refractivity contribution is 7.80. The normalized spacial score (nSPS) is 20.0. The first kappa shape index (κ1) is 18.9. The van der Waals surface area contributed by atoms with Gasteiger partial charge in [-0.1, -0.05) is 12.1 Å². The van der Waals surface area contributed by atoms with Crippen molar-refractivity contribution in [2.24, 2.45) is 0 Å². The molecule has 26 heavy (non-hydrogen) atoms. The predicted molar refractivity (Wildman–Crippen MR) is 104 cm³/mol. The molecule has 1 saturated heterocycles. The number of likely N-dealkylation sites (N-methyl/N-ethyl adjacent to an activating group) is 1. The highest BCUT2D eigenvalue weighted by Gasteiger charge is 2.31. The lowest BCUT2D eigenvalue weighted by atomic mass is 10.2. The number of nitrogens with zero attached hydrogens (tertiary/aromatic N) is 1. The van der Waals surface area contributed by atoms with Crippen molar-refractivity contribution < 1.29 is 19.2 Å². The molecule has 0 spiro atoms. The van der Waals surface area contributed by atoms with E-state index < -0.39 is 6.10 Å². The Hall–Kier alpha value is -1.90. The number of hydrogen-bond donors (Lipinski definition) is 3. The standard InChI is InChI=1S/C18H26N4O3S/c1-19-17(23)16-13-22(14-5-2-3-6-15(14)25-16)18(26)20-7-4-8-21-9-11-24-12-10-21/h2-3,5-6,16H,4,7-13H2,1H3,(H,19,23)(H,20,26)/p+1/t16-/m1/s1. The van der Waals surface area contributed by atoms with Crippen molar-refractivity contribution in [1.29, 1.82) is 0 Å². The lowest BCUT2D eigenvalue weighted by Crippen LogP contribution is -3.14. The molecule has 0 unspecified atom stereocenters. The van der Waals surface area contributed by atoms with E-state index in [1.807, 2.05) is 29.2 Å². The van der Waals surface area contributed by atoms with Gasteiger partial charge in [-0.3, -0.25) is 4.79 Å². The van der Waals surface area contributed by atoms with Crippen molar-refractivity contribution in [1.82, 2.24) is 10.6 Å². The maximum absolute atomic E-state index is 12.0. The summed E-state index contributed by atoms with van der Waals surface area (Å²) in [4.78, 5) is 15.6. The van der Waals surface area contributed by atoms with Crippen LogP contribution >= 0.6 is 12.2 Å². The minimum absolute atomic E-state index is 0.150. The Kier molecular flexibility index (Phi) is 6.65. The van der Waals surface area contributed by atoms with Crippen LogP contribution in [0.25, 0.3) is 0 Å². The number of morpholine rings is 1. The number of nitrogens with one attached hydrogen (secondary N) is 3. The average molecular weight is 380 g/mol. The number of benzene rings is 1. The second kappa shape index (κ2) is 9.16. The highest BCUT2D eigenvalue weighted by atomic mass is 32.1. The zero-order valence-electron chi connectivity index (χ0n) is 15.1. The Labute approximate surface area is 159 Å². The van der Waals surface area contributed by atoms with Gasteiger partial charge in [-0.25, -0.2) is 0 Å². The number of quaternary nitrogens is 1. The second-order valence-electron chi connectivity index (χ2n) is 6.50. The summed E-state index contributed by atoms with van der Waals surface area (Å²) >= 11 is 5.60. The van der Waals surface area contributed by atoms with E-state index in [2.05, 4.69) is 10.6 Å². The average Bonchev–Trinajstić information content (AvgIpc) is 2.70. The molecule has 0 aliphatic carbocycles. The van der Waals surface area contributed by atoms with Crippen LogP contribution in [0.15, 0.2) is 24.3 Å². The van der Waals surface area contributed by atoms with Crippen LogP contribution in [-0.2, 0) is 9.53 Å². The third-order valence-electron chi connectivity index (χ3n) is 4.74. The van der Waals surface area contributed by atoms with Crippen LogP contribution in [0.3, 0.4) is 0 Å². The summed E-state index contributed by atoms with van der Waals surface area (Å²) < 4.78 is 11.2. The summed E-state index contributed by atoms with van der Waals surface area (Å²) in [5.41, 5.74) is 0.893. The van der Waals surface area contributed by atoms with Crippen molar-refractivity contribution >= 4 is 28.9 Å². The maximum Gasteiger partial charge on any atom is 0.262 e. The topological polar surface area (TPSA) is 67.3 Å². The van der Waals surface area contributed by atoms with Gasteiger partial charge in [0.15, 0.2) is 11.2 Å². The van der Waals surface area contributed by atoms with E-state index in [0.29, 0.717) is 17.4 Å². The van der Waals surface area contributed by atoms with Crippen LogP contribution in [0.2, 0.25) is 0 Å². The fourth-order valence-corrected chi connectivity index (χ4v) is 3.54. The van der Waals surface area contributed by atoms with Gasteiger partial charge in [0.05, 0.1) is 32.0 Å². The molecule has 1 atom stereocenters. The van der Waals surface area contributed by atoms with Gasteiger partial charge in [0, 0.05) is 20.0 Å². The molecule has 142 valence electrons. The Morgan fingerprint density at radius 2 is 2.12 bits per heavy atom. The molecule has 2 heterocycles. The van der Waals surface area contributed by atoms with Gasteiger partial charge < -0.3 is 29.9 Å². The number of hydrogen-bond acceptors (Lipinski definition) is 4. The minimum Gasteiger partial charge on any atom is -0.477 e. The highest BCUT2D eigenvalue weighted by Crippen LogP contribution is 2.33. The number of carbonyl (C=O) groups is 1. The number of anilines is 1. The summed E-state index contributed by atoms with van der Waals surface area (Å²) in [6, 6.07) is 7.66. The van der Waals surface area contributed by atoms with Gasteiger partial charge in [-0.05, 0) is 24.4 Å². The first-order chi connectivity index (χ1) is 12.7. The fourth-order valence-electron chi connectivity index (χ4n) is 3.26. The molecule has 1 aromatic rings. The smallest absolute Gasteiger partial charge is 0.262 e. The van der Waals surface area contributed by atoms with E-state index in [1.54, 1.807) is 11.9 Å². The molecule has 1 amide bonds. The number of rotatable bonds is 5. The van der Waals surface area contributed by atoms with Crippen molar-refractivity contribution in [2.75, 3.05) is 57.9 Å². The number of carbonyl (C=O) groups excluding carboxylic acids is 1. The summed E-state index contributed by atoms with van der Waals surface area (Å²) in [6.07, 6.45) is 0.466. The van der Waals surface area contributed by atoms with E-state index in [0.717, 1.165) is 51.5 Å². The fraction of sp³-hybridized carbons (Fsp3) is 0.556. The molecule has 1 aromatic carbocycles. The van der Waals surface area contributed by atoms with Crippen LogP contribution in [0.1, 0.15) is 6.42 Å². The molecule has 1 fully saturated rings. The number of ether oxygens (including phenoxy) is 2. The van der Waals surface area contributed by atoms with E-state index in [4.69, 9.17) is 21.7 Å². The quantitative estimate of drug-likeness (QED) is 0.459. The number of amides is 1. The summed E-state index contributed by atoms with van der Waals surface area (Å²) in [5.74, 6) is 0.525. The molecule has 3 N–H and O–H groups in total. The van der Waals surface area contributed by atoms with Gasteiger partial charge in [0.2, 0.25) is 0 Å². The monoisotopic (exact) mass is 379 g/mol. The molecular formula is C18H27N4O3S+. The predicted octanol–water partition coefficient (Wildman–Crippen LogP) is -0.820. The van der Waals surface area contributed by atoms with E-state index in [9.17, 15) is 4.79 Å². The SMILES string of the molecule is CNC(=O)[C@H]1CN(C(=S)NCCC[NH+]2CCOCC2)c2ccccc2O1. The van der Waals surface area contributed by atoms with Gasteiger partial charge >= 0.3 is 0 Å². The molecule has 8 heteroatoms. The Bertz CT molecular complexity index is 637. The van der Waals surface area contributed by atoms with E-state index in [1.165, 1.54) is 0 Å². The van der Waals surface area contributed by atoms with Crippen LogP contribution in [0.5, 0.6) is 5.75 Å². The molecular weight excluding hydrogens is 352 g/mol. The molecule has 7 nitrogen and oxygen atoms in total. The van der Waals surface area contributed by atoms with Crippen LogP contribution < -0.4 is 25.2 Å². The molecule has 0 saturated carbocycles. The summed E-state index contributed by atoms with van der Waals surface area (Å²) in [7, 11) is 1.61. The number of para-hydroxylation sites is 2. The van der Waals surface area contributed by atoms with Crippen molar-refractivity contribution in [3.05, 3.63) is 24.3 Å². The van der Waals surface area contributed by atoms with Gasteiger partial charge in [-0.15, -0.1) is 0 Å². The Morgan fingerprint density at radius 1 is 1.35 bits per heavy atom. The summed E-state index contributed by atoms with van der Waals surface area (Å²) in [6.45, 7) is 6.19. The third-order valence-corrected chi connectivity index (χ3v) is 5.11. The summed E-state index contributed by atoms with van der Waals surface area (Å²) in [5, 5.41) is 6.61. The van der Waals surface area contributed by atoms with E-state index in [-0.39, 0.29) is 5.91 Å². The Morgan fingerprint density at radius 3 is 2.88 bits per heavy atom. The largest absolute Gasteiger partial charge is 0.477 e. The lowest BCUT2D eigenvalue weighted by Gasteiger charge is -2.35. The van der Waals surface area contributed by atoms with Crippen molar-refractivity contribution in [3.8, 4) is 5.75 Å². The lowest BCUT2D eigenvalue weighted by molar-refractivity contribution is -0.908. The molecule has 2 aliphatic rings. The zero-order chi connectivity index (χ0) is 18.4. The first-order valence-electron chi connectivity index (χ1n) is 9.13. The van der Waals surface area contributed by atoms with Gasteiger partial charge in [-0.2, -0.15) is 0 Å². The van der Waals surface area contributed by atoms with Gasteiger partial charge in [0.25, 0.3) is 5.91 Å². The second-order valence-corrected chi connectivity index (χ2v) is 6.88.